The van der Waals surface area contributed by atoms with Gasteiger partial charge in [0.1, 0.15) is 0 Å². The molecule has 0 radical (unpaired) electrons. The second kappa shape index (κ2) is 6.92. The fraction of sp³-hybridized carbons (Fsp3) is 0.538. The number of hydrogen-bond donors (Lipinski definition) is 1. The maximum atomic E-state index is 12.3. The molecule has 3 unspecified atom stereocenters. The lowest BCUT2D eigenvalue weighted by atomic mass is 10.0. The third-order valence-electron chi connectivity index (χ3n) is 3.55. The number of hydrogen-bond acceptors (Lipinski definition) is 5. The van der Waals surface area contributed by atoms with Crippen molar-refractivity contribution in [1.82, 2.24) is 5.32 Å². The summed E-state index contributed by atoms with van der Waals surface area (Å²) in [6, 6.07) is 6.03. The summed E-state index contributed by atoms with van der Waals surface area (Å²) in [6.45, 7) is 1.45. The zero-order chi connectivity index (χ0) is 14.5. The molecule has 1 N–H and O–H groups in total. The van der Waals surface area contributed by atoms with Gasteiger partial charge >= 0.3 is 0 Å². The lowest BCUT2D eigenvalue weighted by Crippen LogP contribution is -2.38. The molecule has 2 rings (SSSR count). The normalized spacial score (nSPS) is 21.6. The Labute approximate surface area is 120 Å². The van der Waals surface area contributed by atoms with Gasteiger partial charge in [-0.15, -0.1) is 0 Å². The molecule has 1 aromatic rings. The molecule has 6 nitrogen and oxygen atoms in total. The van der Waals surface area contributed by atoms with Gasteiger partial charge in [-0.25, -0.2) is 0 Å². The minimum atomic E-state index is -1.17. The molecular formula is C13H18N2O4S. The van der Waals surface area contributed by atoms with Crippen LogP contribution in [0.3, 0.4) is 0 Å². The predicted octanol–water partition coefficient (Wildman–Crippen LogP) is 1.33. The monoisotopic (exact) mass is 298 g/mol. The highest BCUT2D eigenvalue weighted by atomic mass is 32.2. The van der Waals surface area contributed by atoms with E-state index >= 15 is 0 Å². The Balaban J connectivity index is 2.00. The van der Waals surface area contributed by atoms with Crippen LogP contribution < -0.4 is 5.32 Å². The Bertz CT molecular complexity index is 486. The zero-order valence-corrected chi connectivity index (χ0v) is 12.1. The van der Waals surface area contributed by atoms with Crippen LogP contribution in [0.25, 0.3) is 0 Å². The van der Waals surface area contributed by atoms with Crippen LogP contribution >= 0.6 is 0 Å². The molecule has 20 heavy (non-hydrogen) atoms. The number of rotatable bonds is 6. The van der Waals surface area contributed by atoms with E-state index in [0.717, 1.165) is 13.0 Å². The Morgan fingerprint density at radius 3 is 2.70 bits per heavy atom. The lowest BCUT2D eigenvalue weighted by Gasteiger charge is -2.21. The summed E-state index contributed by atoms with van der Waals surface area (Å²) >= 11 is 0. The Morgan fingerprint density at radius 1 is 1.50 bits per heavy atom. The predicted molar refractivity (Wildman–Crippen MR) is 76.1 cm³/mol. The summed E-state index contributed by atoms with van der Waals surface area (Å²) in [4.78, 5) is 10.7. The third-order valence-corrected chi connectivity index (χ3v) is 5.01. The van der Waals surface area contributed by atoms with E-state index in [2.05, 4.69) is 5.32 Å². The van der Waals surface area contributed by atoms with Crippen molar-refractivity contribution < 1.29 is 13.9 Å². The van der Waals surface area contributed by atoms with Gasteiger partial charge in [0.25, 0.3) is 5.69 Å². The van der Waals surface area contributed by atoms with Crippen LogP contribution in [-0.4, -0.2) is 41.2 Å². The Kier molecular flexibility index (Phi) is 5.22. The van der Waals surface area contributed by atoms with Crippen LogP contribution in [0.1, 0.15) is 6.42 Å². The molecule has 1 aromatic carbocycles. The fourth-order valence-corrected chi connectivity index (χ4v) is 3.70. The Hall–Kier alpha value is -1.31. The first-order valence-corrected chi connectivity index (χ1v) is 7.81. The highest BCUT2D eigenvalue weighted by Crippen LogP contribution is 2.20. The van der Waals surface area contributed by atoms with Crippen LogP contribution in [0, 0.1) is 16.0 Å². The van der Waals surface area contributed by atoms with E-state index in [1.165, 1.54) is 12.1 Å². The van der Waals surface area contributed by atoms with Crippen molar-refractivity contribution in [2.45, 2.75) is 17.4 Å². The molecule has 0 spiro atoms. The molecule has 1 fully saturated rings. The van der Waals surface area contributed by atoms with Crippen LogP contribution in [0.4, 0.5) is 5.69 Å². The molecule has 1 aliphatic heterocycles. The number of nitro benzene ring substituents is 1. The van der Waals surface area contributed by atoms with Gasteiger partial charge in [0.05, 0.1) is 22.3 Å². The minimum Gasteiger partial charge on any atom is -0.381 e. The van der Waals surface area contributed by atoms with Crippen molar-refractivity contribution in [2.24, 2.45) is 5.92 Å². The summed E-state index contributed by atoms with van der Waals surface area (Å²) in [5.41, 5.74) is 0.0140. The van der Waals surface area contributed by atoms with Gasteiger partial charge in [0.15, 0.2) is 0 Å². The molecule has 3 atom stereocenters. The van der Waals surface area contributed by atoms with E-state index in [4.69, 9.17) is 4.74 Å². The Morgan fingerprint density at radius 2 is 2.20 bits per heavy atom. The molecule has 0 bridgehead atoms. The average Bonchev–Trinajstić information content (AvgIpc) is 2.98. The second-order valence-corrected chi connectivity index (χ2v) is 6.28. The first kappa shape index (κ1) is 15.1. The van der Waals surface area contributed by atoms with Crippen LogP contribution in [0.2, 0.25) is 0 Å². The minimum absolute atomic E-state index is 0.0140. The summed E-state index contributed by atoms with van der Waals surface area (Å²) < 4.78 is 17.7. The first-order valence-electron chi connectivity index (χ1n) is 6.49. The van der Waals surface area contributed by atoms with Crippen molar-refractivity contribution in [1.29, 1.82) is 0 Å². The molecule has 0 aliphatic carbocycles. The van der Waals surface area contributed by atoms with Crippen molar-refractivity contribution in [2.75, 3.05) is 26.0 Å². The third kappa shape index (κ3) is 3.62. The van der Waals surface area contributed by atoms with E-state index in [-0.39, 0.29) is 11.7 Å². The summed E-state index contributed by atoms with van der Waals surface area (Å²) in [6.07, 6.45) is 0.975. The summed E-state index contributed by atoms with van der Waals surface area (Å²) in [5, 5.41) is 13.8. The number of nitro groups is 1. The maximum Gasteiger partial charge on any atom is 0.269 e. The average molecular weight is 298 g/mol. The summed E-state index contributed by atoms with van der Waals surface area (Å²) in [5.74, 6) is 0.865. The van der Waals surface area contributed by atoms with Gasteiger partial charge in [-0.1, -0.05) is 0 Å². The number of benzene rings is 1. The van der Waals surface area contributed by atoms with Crippen LogP contribution in [-0.2, 0) is 15.5 Å². The smallest absolute Gasteiger partial charge is 0.269 e. The van der Waals surface area contributed by atoms with E-state index in [1.807, 2.05) is 7.05 Å². The molecule has 0 aromatic heterocycles. The molecule has 0 amide bonds. The lowest BCUT2D eigenvalue weighted by molar-refractivity contribution is -0.384. The van der Waals surface area contributed by atoms with Crippen molar-refractivity contribution >= 4 is 16.5 Å². The highest BCUT2D eigenvalue weighted by Gasteiger charge is 2.26. The van der Waals surface area contributed by atoms with Gasteiger partial charge in [-0.05, 0) is 25.6 Å². The van der Waals surface area contributed by atoms with Crippen LogP contribution in [0.15, 0.2) is 29.2 Å². The van der Waals surface area contributed by atoms with Crippen molar-refractivity contribution in [3.05, 3.63) is 34.4 Å². The number of nitrogens with one attached hydrogen (secondary N) is 1. The molecular weight excluding hydrogens is 280 g/mol. The summed E-state index contributed by atoms with van der Waals surface area (Å²) in [7, 11) is 0.686. The fourth-order valence-electron chi connectivity index (χ4n) is 2.30. The molecule has 1 aliphatic rings. The number of nitrogens with zero attached hydrogens (tertiary/aromatic N) is 1. The van der Waals surface area contributed by atoms with Gasteiger partial charge in [0, 0.05) is 41.3 Å². The second-order valence-electron chi connectivity index (χ2n) is 4.78. The van der Waals surface area contributed by atoms with Gasteiger partial charge in [-0.2, -0.15) is 0 Å². The molecule has 110 valence electrons. The van der Waals surface area contributed by atoms with E-state index in [0.29, 0.717) is 23.2 Å². The van der Waals surface area contributed by atoms with Crippen molar-refractivity contribution in [3.8, 4) is 0 Å². The topological polar surface area (TPSA) is 81.5 Å². The SMILES string of the molecule is CNC(CS(=O)c1ccc([N+](=O)[O-])cc1)C1CCOC1. The number of ether oxygens (including phenoxy) is 1. The van der Waals surface area contributed by atoms with E-state index in [1.54, 1.807) is 12.1 Å². The molecule has 1 saturated heterocycles. The number of non-ortho nitro benzene ring substituents is 1. The highest BCUT2D eigenvalue weighted by molar-refractivity contribution is 7.85. The quantitative estimate of drug-likeness (QED) is 0.633. The van der Waals surface area contributed by atoms with Crippen molar-refractivity contribution in [3.63, 3.8) is 0 Å². The van der Waals surface area contributed by atoms with Crippen LogP contribution in [0.5, 0.6) is 0 Å². The van der Waals surface area contributed by atoms with Gasteiger partial charge < -0.3 is 10.1 Å². The first-order chi connectivity index (χ1) is 9.61. The molecule has 7 heteroatoms. The maximum absolute atomic E-state index is 12.3. The largest absolute Gasteiger partial charge is 0.381 e. The molecule has 0 saturated carbocycles. The zero-order valence-electron chi connectivity index (χ0n) is 11.3. The molecule has 1 heterocycles. The van der Waals surface area contributed by atoms with E-state index < -0.39 is 15.7 Å². The van der Waals surface area contributed by atoms with E-state index in [9.17, 15) is 14.3 Å². The van der Waals surface area contributed by atoms with Gasteiger partial charge in [0.2, 0.25) is 0 Å². The van der Waals surface area contributed by atoms with Gasteiger partial charge in [-0.3, -0.25) is 14.3 Å². The standard InChI is InChI=1S/C13H18N2O4S/c1-14-13(10-6-7-19-8-10)9-20(18)12-4-2-11(3-5-12)15(16)17/h2-5,10,13-14H,6-9H2,1H3.